The van der Waals surface area contributed by atoms with Gasteiger partial charge >= 0.3 is 6.03 Å². The van der Waals surface area contributed by atoms with E-state index in [1.807, 2.05) is 11.0 Å². The van der Waals surface area contributed by atoms with Gasteiger partial charge < -0.3 is 14.5 Å². The number of morpholine rings is 1. The minimum absolute atomic E-state index is 0.0593. The van der Waals surface area contributed by atoms with Crippen molar-refractivity contribution in [2.75, 3.05) is 64.8 Å². The molecule has 2 amide bonds. The average molecular weight is 325 g/mol. The van der Waals surface area contributed by atoms with E-state index in [9.17, 15) is 4.79 Å². The molecule has 0 saturated carbocycles. The molecule has 2 aliphatic heterocycles. The van der Waals surface area contributed by atoms with Crippen LogP contribution in [0, 0.1) is 0 Å². The summed E-state index contributed by atoms with van der Waals surface area (Å²) in [4.78, 5) is 18.9. The van der Waals surface area contributed by atoms with Crippen LogP contribution in [0.1, 0.15) is 0 Å². The lowest BCUT2D eigenvalue weighted by Gasteiger charge is -2.38. The molecule has 0 aromatic carbocycles. The van der Waals surface area contributed by atoms with Crippen molar-refractivity contribution in [1.29, 1.82) is 0 Å². The minimum Gasteiger partial charge on any atom is -0.373 e. The Bertz CT molecular complexity index is 476. The number of hydrogen-bond donors (Lipinski definition) is 1. The van der Waals surface area contributed by atoms with Gasteiger partial charge in [-0.1, -0.05) is 0 Å². The van der Waals surface area contributed by atoms with Crippen LogP contribution in [-0.4, -0.2) is 90.7 Å². The van der Waals surface area contributed by atoms with Crippen LogP contribution in [-0.2, 0) is 4.74 Å². The third-order valence-corrected chi connectivity index (χ3v) is 4.81. The van der Waals surface area contributed by atoms with Crippen molar-refractivity contribution in [2.45, 2.75) is 6.10 Å². The highest BCUT2D eigenvalue weighted by Crippen LogP contribution is 2.14. The van der Waals surface area contributed by atoms with Crippen LogP contribution >= 0.6 is 11.5 Å². The Morgan fingerprint density at radius 2 is 2.23 bits per heavy atom. The third-order valence-electron chi connectivity index (χ3n) is 4.15. The Hall–Kier alpha value is -1.22. The van der Waals surface area contributed by atoms with Crippen molar-refractivity contribution in [3.05, 3.63) is 12.3 Å². The quantitative estimate of drug-likeness (QED) is 0.883. The zero-order valence-corrected chi connectivity index (χ0v) is 13.7. The number of aromatic nitrogens is 1. The maximum Gasteiger partial charge on any atom is 0.322 e. The van der Waals surface area contributed by atoms with Gasteiger partial charge in [0, 0.05) is 52.0 Å². The second-order valence-corrected chi connectivity index (χ2v) is 6.68. The molecule has 1 N–H and O–H groups in total. The maximum absolute atomic E-state index is 12.3. The van der Waals surface area contributed by atoms with E-state index in [0.717, 1.165) is 37.7 Å². The Labute approximate surface area is 135 Å². The van der Waals surface area contributed by atoms with Crippen molar-refractivity contribution in [3.63, 3.8) is 0 Å². The Morgan fingerprint density at radius 1 is 1.41 bits per heavy atom. The molecular formula is C14H23N5O2S. The fraction of sp³-hybridized carbons (Fsp3) is 0.714. The van der Waals surface area contributed by atoms with Crippen molar-refractivity contribution >= 4 is 22.6 Å². The van der Waals surface area contributed by atoms with Crippen LogP contribution in [0.3, 0.4) is 0 Å². The lowest BCUT2D eigenvalue weighted by molar-refractivity contribution is -0.0338. The lowest BCUT2D eigenvalue weighted by atomic mass is 10.2. The molecule has 1 aromatic rings. The normalized spacial score (nSPS) is 24.4. The largest absolute Gasteiger partial charge is 0.373 e. The first-order chi connectivity index (χ1) is 10.7. The second kappa shape index (κ2) is 7.36. The molecule has 8 heteroatoms. The number of piperazine rings is 1. The van der Waals surface area contributed by atoms with E-state index in [0.29, 0.717) is 19.7 Å². The van der Waals surface area contributed by atoms with Gasteiger partial charge in [0.15, 0.2) is 0 Å². The molecule has 1 aromatic heterocycles. The number of nitrogens with one attached hydrogen (secondary N) is 1. The number of likely N-dealkylation sites (N-methyl/N-ethyl adjacent to an activating group) is 1. The van der Waals surface area contributed by atoms with Gasteiger partial charge in [0.25, 0.3) is 0 Å². The van der Waals surface area contributed by atoms with E-state index >= 15 is 0 Å². The molecule has 0 spiro atoms. The van der Waals surface area contributed by atoms with Crippen molar-refractivity contribution in [1.82, 2.24) is 19.1 Å². The van der Waals surface area contributed by atoms with Crippen LogP contribution in [0.2, 0.25) is 0 Å². The summed E-state index contributed by atoms with van der Waals surface area (Å²) >= 11 is 1.29. The lowest BCUT2D eigenvalue weighted by Crippen LogP contribution is -2.53. The molecule has 2 aliphatic rings. The Morgan fingerprint density at radius 3 is 2.95 bits per heavy atom. The van der Waals surface area contributed by atoms with E-state index in [4.69, 9.17) is 4.74 Å². The number of urea groups is 1. The van der Waals surface area contributed by atoms with E-state index < -0.39 is 0 Å². The molecule has 3 rings (SSSR count). The van der Waals surface area contributed by atoms with Crippen LogP contribution in [0.4, 0.5) is 9.80 Å². The fourth-order valence-corrected chi connectivity index (χ4v) is 3.29. The summed E-state index contributed by atoms with van der Waals surface area (Å²) in [5.74, 6) is 0. The highest BCUT2D eigenvalue weighted by atomic mass is 32.1. The summed E-state index contributed by atoms with van der Waals surface area (Å²) in [6.07, 6.45) is 1.79. The number of carbonyl (C=O) groups excluding carboxylic acids is 1. The van der Waals surface area contributed by atoms with Gasteiger partial charge in [-0.2, -0.15) is 4.37 Å². The van der Waals surface area contributed by atoms with Crippen molar-refractivity contribution < 1.29 is 9.53 Å². The first-order valence-electron chi connectivity index (χ1n) is 7.70. The van der Waals surface area contributed by atoms with Crippen LogP contribution in [0.5, 0.6) is 0 Å². The molecular weight excluding hydrogens is 302 g/mol. The van der Waals surface area contributed by atoms with E-state index in [1.165, 1.54) is 11.5 Å². The third kappa shape index (κ3) is 4.16. The van der Waals surface area contributed by atoms with E-state index in [-0.39, 0.29) is 12.1 Å². The summed E-state index contributed by atoms with van der Waals surface area (Å²) in [5, 5.41) is 3.67. The first kappa shape index (κ1) is 15.7. The maximum atomic E-state index is 12.3. The van der Waals surface area contributed by atoms with Gasteiger partial charge in [0.2, 0.25) is 0 Å². The Balaban J connectivity index is 1.47. The number of ether oxygens (including phenoxy) is 1. The van der Waals surface area contributed by atoms with Gasteiger partial charge in [-0.15, -0.1) is 0 Å². The standard InChI is InChI=1S/C14H23N5O2S/c1-17-4-6-18(7-5-17)10-12-11-19(8-9-21-12)14(20)16-13-2-3-15-22-13/h2-3,12H,4-11H2,1H3,(H,16,20). The molecule has 2 saturated heterocycles. The van der Waals surface area contributed by atoms with E-state index in [1.54, 1.807) is 6.20 Å². The van der Waals surface area contributed by atoms with Crippen molar-refractivity contribution in [2.24, 2.45) is 0 Å². The number of amides is 2. The van der Waals surface area contributed by atoms with Crippen LogP contribution < -0.4 is 5.32 Å². The smallest absolute Gasteiger partial charge is 0.322 e. The zero-order valence-electron chi connectivity index (χ0n) is 12.9. The fourth-order valence-electron chi connectivity index (χ4n) is 2.80. The predicted octanol–water partition coefficient (Wildman–Crippen LogP) is 0.623. The summed E-state index contributed by atoms with van der Waals surface area (Å²) in [5.41, 5.74) is 0. The highest BCUT2D eigenvalue weighted by molar-refractivity contribution is 7.10. The molecule has 0 bridgehead atoms. The van der Waals surface area contributed by atoms with Crippen LogP contribution in [0.25, 0.3) is 0 Å². The topological polar surface area (TPSA) is 60.9 Å². The molecule has 1 unspecified atom stereocenters. The van der Waals surface area contributed by atoms with Gasteiger partial charge in [0.1, 0.15) is 5.00 Å². The molecule has 0 aliphatic carbocycles. The SMILES string of the molecule is CN1CCN(CC2CN(C(=O)Nc3ccns3)CCO2)CC1. The zero-order chi connectivity index (χ0) is 15.4. The molecule has 0 radical (unpaired) electrons. The van der Waals surface area contributed by atoms with Gasteiger partial charge in [-0.25, -0.2) is 4.79 Å². The van der Waals surface area contributed by atoms with Crippen LogP contribution in [0.15, 0.2) is 12.3 Å². The van der Waals surface area contributed by atoms with Gasteiger partial charge in [-0.3, -0.25) is 10.2 Å². The molecule has 122 valence electrons. The molecule has 1 atom stereocenters. The summed E-state index contributed by atoms with van der Waals surface area (Å²) < 4.78 is 9.83. The number of hydrogen-bond acceptors (Lipinski definition) is 6. The summed E-state index contributed by atoms with van der Waals surface area (Å²) in [6, 6.07) is 1.75. The van der Waals surface area contributed by atoms with Crippen molar-refractivity contribution in [3.8, 4) is 0 Å². The second-order valence-electron chi connectivity index (χ2n) is 5.85. The molecule has 3 heterocycles. The van der Waals surface area contributed by atoms with Gasteiger partial charge in [-0.05, 0) is 24.6 Å². The molecule has 2 fully saturated rings. The molecule has 7 nitrogen and oxygen atoms in total. The highest BCUT2D eigenvalue weighted by Gasteiger charge is 2.27. The van der Waals surface area contributed by atoms with E-state index in [2.05, 4.69) is 26.5 Å². The van der Waals surface area contributed by atoms with Gasteiger partial charge in [0.05, 0.1) is 12.7 Å². The average Bonchev–Trinajstić information content (AvgIpc) is 3.03. The predicted molar refractivity (Wildman–Crippen MR) is 86.4 cm³/mol. The Kier molecular flexibility index (Phi) is 5.24. The number of carbonyl (C=O) groups is 1. The molecule has 22 heavy (non-hydrogen) atoms. The summed E-state index contributed by atoms with van der Waals surface area (Å²) in [6.45, 7) is 7.14. The number of anilines is 1. The number of nitrogens with zero attached hydrogens (tertiary/aromatic N) is 4. The first-order valence-corrected chi connectivity index (χ1v) is 8.47. The minimum atomic E-state index is -0.0593. The monoisotopic (exact) mass is 325 g/mol. The number of rotatable bonds is 3. The summed E-state index contributed by atoms with van der Waals surface area (Å²) in [7, 11) is 2.15.